The van der Waals surface area contributed by atoms with E-state index in [4.69, 9.17) is 11.5 Å². The Bertz CT molecular complexity index is 1190. The number of ketones is 1. The number of guanidine groups is 1. The molecule has 10 nitrogen and oxygen atoms in total. The van der Waals surface area contributed by atoms with Crippen LogP contribution in [0, 0.1) is 11.8 Å². The lowest BCUT2D eigenvalue weighted by molar-refractivity contribution is -0.136. The van der Waals surface area contributed by atoms with Gasteiger partial charge < -0.3 is 16.8 Å². The van der Waals surface area contributed by atoms with Gasteiger partial charge in [-0.1, -0.05) is 31.4 Å². The van der Waals surface area contributed by atoms with Crippen molar-refractivity contribution in [1.29, 1.82) is 0 Å². The molecule has 5 atom stereocenters. The molecule has 1 aromatic carbocycles. The van der Waals surface area contributed by atoms with E-state index in [-0.39, 0.29) is 35.5 Å². The van der Waals surface area contributed by atoms with Crippen molar-refractivity contribution in [3.63, 3.8) is 0 Å². The number of amides is 2. The standard InChI is InChI=1S/C28H39N7O3S/c29-28(30)32-14-5-10-20(24(36)27-33-19-9-3-4-12-22(19)39-27)35-16-6-11-21(35)25(37)34-26(38)23-18-8-2-1-7-17(18)13-15-31-23/h3-4,9,12,17-18,20-21,23,31H,1-2,5-8,10-11,13-16H2,(H4,29,30,32)(H,34,37,38)/t17-,18-,20-,21+,23?/m1/s1. The lowest BCUT2D eigenvalue weighted by Gasteiger charge is -2.41. The summed E-state index contributed by atoms with van der Waals surface area (Å²) >= 11 is 1.37. The maximum Gasteiger partial charge on any atom is 0.244 e. The van der Waals surface area contributed by atoms with E-state index in [2.05, 4.69) is 20.6 Å². The van der Waals surface area contributed by atoms with Gasteiger partial charge in [0.25, 0.3) is 0 Å². The smallest absolute Gasteiger partial charge is 0.244 e. The largest absolute Gasteiger partial charge is 0.370 e. The number of nitrogens with one attached hydrogen (secondary N) is 2. The van der Waals surface area contributed by atoms with Crippen molar-refractivity contribution in [2.24, 2.45) is 28.3 Å². The van der Waals surface area contributed by atoms with Crippen molar-refractivity contribution in [3.8, 4) is 0 Å². The highest BCUT2D eigenvalue weighted by Crippen LogP contribution is 2.37. The first-order valence-corrected chi connectivity index (χ1v) is 15.0. The predicted octanol–water partition coefficient (Wildman–Crippen LogP) is 2.18. The summed E-state index contributed by atoms with van der Waals surface area (Å²) in [4.78, 5) is 51.3. The topological polar surface area (TPSA) is 156 Å². The molecule has 3 aliphatic rings. The maximum atomic E-state index is 13.8. The SMILES string of the molecule is NC(N)=NCCC[C@H](C(=O)c1nc2ccccc2s1)N1CCC[C@H]1C(=O)NC(=O)C1NCC[C@H]2CCCC[C@@H]12. The van der Waals surface area contributed by atoms with Gasteiger partial charge in [-0.25, -0.2) is 4.98 Å². The van der Waals surface area contributed by atoms with Gasteiger partial charge in [0.15, 0.2) is 11.0 Å². The van der Waals surface area contributed by atoms with Gasteiger partial charge in [-0.15, -0.1) is 11.3 Å². The number of benzene rings is 1. The van der Waals surface area contributed by atoms with Crippen LogP contribution in [0.3, 0.4) is 0 Å². The number of para-hydroxylation sites is 1. The Hall–Kier alpha value is -2.89. The van der Waals surface area contributed by atoms with E-state index in [0.29, 0.717) is 43.3 Å². The fourth-order valence-corrected chi connectivity index (χ4v) is 7.64. The molecule has 11 heteroatoms. The first kappa shape index (κ1) is 27.7. The summed E-state index contributed by atoms with van der Waals surface area (Å²) in [7, 11) is 0. The summed E-state index contributed by atoms with van der Waals surface area (Å²) in [6.45, 7) is 1.80. The van der Waals surface area contributed by atoms with Gasteiger partial charge in [-0.3, -0.25) is 29.6 Å². The number of aromatic nitrogens is 1. The first-order valence-electron chi connectivity index (χ1n) is 14.2. The average molecular weight is 554 g/mol. The van der Waals surface area contributed by atoms with Crippen LogP contribution in [-0.4, -0.2) is 71.2 Å². The zero-order valence-corrected chi connectivity index (χ0v) is 23.1. The number of likely N-dealkylation sites (tertiary alicyclic amines) is 1. The molecule has 210 valence electrons. The molecule has 6 N–H and O–H groups in total. The fourth-order valence-electron chi connectivity index (χ4n) is 6.68. The number of nitrogens with zero attached hydrogens (tertiary/aromatic N) is 3. The Morgan fingerprint density at radius 2 is 1.92 bits per heavy atom. The zero-order chi connectivity index (χ0) is 27.4. The molecule has 1 saturated carbocycles. The van der Waals surface area contributed by atoms with E-state index in [0.717, 1.165) is 48.9 Å². The van der Waals surface area contributed by atoms with E-state index in [9.17, 15) is 14.4 Å². The van der Waals surface area contributed by atoms with Crippen molar-refractivity contribution in [1.82, 2.24) is 20.5 Å². The van der Waals surface area contributed by atoms with Crippen LogP contribution in [0.1, 0.15) is 67.6 Å². The summed E-state index contributed by atoms with van der Waals surface area (Å²) in [5.41, 5.74) is 11.8. The second kappa shape index (κ2) is 12.5. The van der Waals surface area contributed by atoms with Crippen LogP contribution in [0.5, 0.6) is 0 Å². The van der Waals surface area contributed by atoms with E-state index < -0.39 is 12.1 Å². The van der Waals surface area contributed by atoms with Crippen LogP contribution in [0.15, 0.2) is 29.3 Å². The fraction of sp³-hybridized carbons (Fsp3) is 0.607. The van der Waals surface area contributed by atoms with E-state index in [1.165, 1.54) is 17.8 Å². The van der Waals surface area contributed by atoms with Crippen molar-refractivity contribution < 1.29 is 14.4 Å². The predicted molar refractivity (Wildman–Crippen MR) is 152 cm³/mol. The number of imide groups is 1. The first-order chi connectivity index (χ1) is 18.9. The Balaban J connectivity index is 1.31. The summed E-state index contributed by atoms with van der Waals surface area (Å²) < 4.78 is 0.947. The summed E-state index contributed by atoms with van der Waals surface area (Å²) in [6, 6.07) is 6.24. The Labute approximate surface area is 233 Å². The number of hydrogen-bond acceptors (Lipinski definition) is 8. The number of Topliss-reactive ketones (excluding diaryl/α,β-unsaturated/α-hetero) is 1. The second-order valence-electron chi connectivity index (χ2n) is 11.0. The molecule has 1 unspecified atom stereocenters. The molecule has 0 spiro atoms. The van der Waals surface area contributed by atoms with E-state index in [1.54, 1.807) is 0 Å². The van der Waals surface area contributed by atoms with Crippen molar-refractivity contribution in [2.45, 2.75) is 75.9 Å². The van der Waals surface area contributed by atoms with Gasteiger partial charge >= 0.3 is 0 Å². The van der Waals surface area contributed by atoms with E-state index >= 15 is 0 Å². The molecule has 39 heavy (non-hydrogen) atoms. The minimum atomic E-state index is -0.552. The van der Waals surface area contributed by atoms with Gasteiger partial charge in [0, 0.05) is 6.54 Å². The highest BCUT2D eigenvalue weighted by atomic mass is 32.1. The normalized spacial score (nSPS) is 26.1. The number of piperidine rings is 1. The minimum Gasteiger partial charge on any atom is -0.370 e. The average Bonchev–Trinajstić information content (AvgIpc) is 3.60. The molecule has 3 heterocycles. The monoisotopic (exact) mass is 553 g/mol. The van der Waals surface area contributed by atoms with Crippen LogP contribution < -0.4 is 22.1 Å². The molecule has 3 fully saturated rings. The summed E-state index contributed by atoms with van der Waals surface area (Å²) in [5.74, 6) is 0.191. The number of carbonyl (C=O) groups is 3. The molecule has 0 radical (unpaired) electrons. The third-order valence-corrected chi connectivity index (χ3v) is 9.59. The van der Waals surface area contributed by atoms with Gasteiger partial charge in [0.1, 0.15) is 0 Å². The number of thiazole rings is 1. The molecule has 2 saturated heterocycles. The lowest BCUT2D eigenvalue weighted by Crippen LogP contribution is -2.58. The van der Waals surface area contributed by atoms with Crippen LogP contribution in [0.4, 0.5) is 0 Å². The number of rotatable bonds is 9. The number of carbonyl (C=O) groups excluding carboxylic acids is 3. The second-order valence-corrected chi connectivity index (χ2v) is 12.0. The Kier molecular flexibility index (Phi) is 8.89. The van der Waals surface area contributed by atoms with Crippen LogP contribution in [0.2, 0.25) is 0 Å². The molecule has 0 bridgehead atoms. The molecule has 2 aliphatic heterocycles. The quantitative estimate of drug-likeness (QED) is 0.121. The third-order valence-electron chi connectivity index (χ3n) is 8.54. The molecule has 1 aliphatic carbocycles. The maximum absolute atomic E-state index is 13.8. The molecule has 2 aromatic rings. The molecule has 2 amide bonds. The third kappa shape index (κ3) is 6.31. The number of aliphatic imine (C=N–C) groups is 1. The summed E-state index contributed by atoms with van der Waals surface area (Å²) in [6.07, 6.45) is 8.06. The van der Waals surface area contributed by atoms with Gasteiger partial charge in [-0.2, -0.15) is 0 Å². The van der Waals surface area contributed by atoms with Gasteiger partial charge in [0.2, 0.25) is 17.6 Å². The number of nitrogens with two attached hydrogens (primary N) is 2. The van der Waals surface area contributed by atoms with Crippen LogP contribution in [0.25, 0.3) is 10.2 Å². The van der Waals surface area contributed by atoms with E-state index in [1.807, 2.05) is 29.2 Å². The number of fused-ring (bicyclic) bond motifs is 2. The summed E-state index contributed by atoms with van der Waals surface area (Å²) in [5, 5.41) is 6.53. The molecule has 5 rings (SSSR count). The Morgan fingerprint density at radius 3 is 2.74 bits per heavy atom. The van der Waals surface area contributed by atoms with Gasteiger partial charge in [-0.05, 0) is 75.6 Å². The highest BCUT2D eigenvalue weighted by molar-refractivity contribution is 7.20. The van der Waals surface area contributed by atoms with Gasteiger partial charge in [0.05, 0.1) is 28.3 Å². The minimum absolute atomic E-state index is 0.0116. The number of hydrogen-bond donors (Lipinski definition) is 4. The van der Waals surface area contributed by atoms with Crippen molar-refractivity contribution in [3.05, 3.63) is 29.3 Å². The Morgan fingerprint density at radius 1 is 1.10 bits per heavy atom. The van der Waals surface area contributed by atoms with Crippen LogP contribution >= 0.6 is 11.3 Å². The van der Waals surface area contributed by atoms with Crippen molar-refractivity contribution in [2.75, 3.05) is 19.6 Å². The molecule has 1 aromatic heterocycles. The molecular formula is C28H39N7O3S. The van der Waals surface area contributed by atoms with Crippen LogP contribution in [-0.2, 0) is 9.59 Å². The molecular weight excluding hydrogens is 514 g/mol. The highest BCUT2D eigenvalue weighted by Gasteiger charge is 2.42. The van der Waals surface area contributed by atoms with Crippen molar-refractivity contribution >= 4 is 45.1 Å². The lowest BCUT2D eigenvalue weighted by atomic mass is 9.71. The zero-order valence-electron chi connectivity index (χ0n) is 22.3.